The Morgan fingerprint density at radius 1 is 1.09 bits per heavy atom. The number of benzene rings is 2. The van der Waals surface area contributed by atoms with Crippen molar-refractivity contribution in [3.63, 3.8) is 0 Å². The van der Waals surface area contributed by atoms with Gasteiger partial charge in [-0.2, -0.15) is 0 Å². The number of hydrogen-bond donors (Lipinski definition) is 2. The van der Waals surface area contributed by atoms with Crippen molar-refractivity contribution < 1.29 is 14.3 Å². The van der Waals surface area contributed by atoms with E-state index in [-0.39, 0.29) is 11.7 Å². The van der Waals surface area contributed by atoms with Gasteiger partial charge in [0.2, 0.25) is 5.91 Å². The lowest BCUT2D eigenvalue weighted by atomic mass is 9.94. The van der Waals surface area contributed by atoms with Gasteiger partial charge in [0, 0.05) is 31.6 Å². The molecule has 0 atom stereocenters. The van der Waals surface area contributed by atoms with E-state index in [1.54, 1.807) is 0 Å². The largest absolute Gasteiger partial charge is 0.492 e. The molecule has 0 fully saturated rings. The molecule has 0 unspecified atom stereocenters. The summed E-state index contributed by atoms with van der Waals surface area (Å²) in [4.78, 5) is 26.8. The van der Waals surface area contributed by atoms with Crippen molar-refractivity contribution in [1.82, 2.24) is 5.32 Å². The van der Waals surface area contributed by atoms with Crippen LogP contribution in [0.15, 0.2) is 36.4 Å². The van der Waals surface area contributed by atoms with Crippen LogP contribution in [0.5, 0.6) is 5.75 Å². The number of nitrogens with one attached hydrogen (secondary N) is 2. The molecule has 6 heteroatoms. The highest BCUT2D eigenvalue weighted by Crippen LogP contribution is 2.37. The molecule has 32 heavy (non-hydrogen) atoms. The molecular formula is C26H33N3O3. The van der Waals surface area contributed by atoms with Gasteiger partial charge in [-0.1, -0.05) is 12.1 Å². The Labute approximate surface area is 190 Å². The quantitative estimate of drug-likeness (QED) is 0.390. The van der Waals surface area contributed by atoms with E-state index in [4.69, 9.17) is 4.74 Å². The predicted octanol–water partition coefficient (Wildman–Crippen LogP) is 3.98. The maximum Gasteiger partial charge on any atom is 0.231 e. The predicted molar refractivity (Wildman–Crippen MR) is 128 cm³/mol. The third-order valence-electron chi connectivity index (χ3n) is 6.14. The summed E-state index contributed by atoms with van der Waals surface area (Å²) >= 11 is 0. The lowest BCUT2D eigenvalue weighted by Crippen LogP contribution is -2.31. The molecule has 1 amide bonds. The van der Waals surface area contributed by atoms with Gasteiger partial charge in [-0.3, -0.25) is 9.59 Å². The summed E-state index contributed by atoms with van der Waals surface area (Å²) in [5, 5.41) is 6.83. The van der Waals surface area contributed by atoms with Crippen LogP contribution in [0.4, 0.5) is 11.4 Å². The first kappa shape index (κ1) is 22.3. The number of rotatable bonds is 12. The van der Waals surface area contributed by atoms with Gasteiger partial charge in [-0.15, -0.1) is 0 Å². The van der Waals surface area contributed by atoms with E-state index in [0.29, 0.717) is 19.4 Å². The summed E-state index contributed by atoms with van der Waals surface area (Å²) in [6, 6.07) is 11.9. The van der Waals surface area contributed by atoms with Crippen molar-refractivity contribution in [2.45, 2.75) is 45.4 Å². The van der Waals surface area contributed by atoms with Crippen LogP contribution >= 0.6 is 0 Å². The molecule has 0 aromatic heterocycles. The first-order chi connectivity index (χ1) is 15.7. The van der Waals surface area contributed by atoms with E-state index < -0.39 is 0 Å². The minimum Gasteiger partial charge on any atom is -0.492 e. The SMILES string of the molecule is CCOc1ccccc1NCCNCCCCC(=O)c1cc2c3c(c1)CC(=O)N3CCC2. The molecular weight excluding hydrogens is 402 g/mol. The van der Waals surface area contributed by atoms with Gasteiger partial charge >= 0.3 is 0 Å². The topological polar surface area (TPSA) is 70.7 Å². The molecule has 0 radical (unpaired) electrons. The second-order valence-corrected chi connectivity index (χ2v) is 8.46. The molecule has 2 aliphatic heterocycles. The number of amides is 1. The molecule has 4 rings (SSSR count). The van der Waals surface area contributed by atoms with E-state index in [2.05, 4.69) is 10.6 Å². The number of ether oxygens (including phenoxy) is 1. The number of carbonyl (C=O) groups is 2. The normalized spacial score (nSPS) is 14.4. The average Bonchev–Trinajstić information content (AvgIpc) is 3.13. The van der Waals surface area contributed by atoms with Gasteiger partial charge < -0.3 is 20.3 Å². The standard InChI is InChI=1S/C26H33N3O3/c1-2-32-24-11-4-3-9-22(24)28-14-13-27-12-6-5-10-23(30)20-16-19-8-7-15-29-25(31)18-21(17-20)26(19)29/h3-4,9,11,16-17,27-28H,2,5-8,10,12-15,18H2,1H3. The Balaban J connectivity index is 1.15. The fourth-order valence-corrected chi connectivity index (χ4v) is 4.62. The molecule has 2 aliphatic rings. The first-order valence-corrected chi connectivity index (χ1v) is 11.8. The lowest BCUT2D eigenvalue weighted by Gasteiger charge is -2.25. The molecule has 0 spiro atoms. The lowest BCUT2D eigenvalue weighted by molar-refractivity contribution is -0.117. The molecule has 2 N–H and O–H groups in total. The van der Waals surface area contributed by atoms with Gasteiger partial charge in [0.25, 0.3) is 0 Å². The maximum atomic E-state index is 12.7. The van der Waals surface area contributed by atoms with Gasteiger partial charge in [0.1, 0.15) is 5.75 Å². The van der Waals surface area contributed by atoms with Crippen LogP contribution in [0, 0.1) is 0 Å². The van der Waals surface area contributed by atoms with Gasteiger partial charge in [0.05, 0.1) is 24.4 Å². The first-order valence-electron chi connectivity index (χ1n) is 11.8. The van der Waals surface area contributed by atoms with Gasteiger partial charge in [0.15, 0.2) is 5.78 Å². The van der Waals surface area contributed by atoms with Crippen LogP contribution in [0.25, 0.3) is 0 Å². The van der Waals surface area contributed by atoms with E-state index in [1.807, 2.05) is 48.2 Å². The average molecular weight is 436 g/mol. The maximum absolute atomic E-state index is 12.7. The highest BCUT2D eigenvalue weighted by molar-refractivity contribution is 6.05. The number of Topliss-reactive ketones (excluding diaryl/α,β-unsaturated/α-hetero) is 1. The molecule has 0 aliphatic carbocycles. The molecule has 6 nitrogen and oxygen atoms in total. The Morgan fingerprint density at radius 3 is 2.81 bits per heavy atom. The highest BCUT2D eigenvalue weighted by Gasteiger charge is 2.32. The van der Waals surface area contributed by atoms with Crippen molar-refractivity contribution in [2.75, 3.05) is 43.0 Å². The fourth-order valence-electron chi connectivity index (χ4n) is 4.62. The monoisotopic (exact) mass is 435 g/mol. The Hall–Kier alpha value is -2.86. The Morgan fingerprint density at radius 2 is 1.94 bits per heavy atom. The summed E-state index contributed by atoms with van der Waals surface area (Å²) in [7, 11) is 0. The minimum atomic E-state index is 0.174. The van der Waals surface area contributed by atoms with Crippen LogP contribution in [0.3, 0.4) is 0 Å². The molecule has 170 valence electrons. The van der Waals surface area contributed by atoms with Crippen LogP contribution in [0.2, 0.25) is 0 Å². The summed E-state index contributed by atoms with van der Waals surface area (Å²) in [5.74, 6) is 1.24. The number of carbonyl (C=O) groups excluding carboxylic acids is 2. The number of para-hydroxylation sites is 2. The molecule has 0 saturated carbocycles. The zero-order valence-corrected chi connectivity index (χ0v) is 18.9. The van der Waals surface area contributed by atoms with E-state index in [9.17, 15) is 9.59 Å². The highest BCUT2D eigenvalue weighted by atomic mass is 16.5. The second kappa shape index (κ2) is 10.6. The Bertz CT molecular complexity index is 973. The van der Waals surface area contributed by atoms with Crippen molar-refractivity contribution in [3.05, 3.63) is 53.1 Å². The summed E-state index contributed by atoms with van der Waals surface area (Å²) < 4.78 is 5.62. The number of hydrogen-bond acceptors (Lipinski definition) is 5. The molecule has 0 saturated heterocycles. The van der Waals surface area contributed by atoms with Crippen molar-refractivity contribution in [2.24, 2.45) is 0 Å². The molecule has 2 aromatic rings. The van der Waals surface area contributed by atoms with Crippen molar-refractivity contribution in [1.29, 1.82) is 0 Å². The zero-order chi connectivity index (χ0) is 22.3. The van der Waals surface area contributed by atoms with Gasteiger partial charge in [-0.25, -0.2) is 0 Å². The number of anilines is 2. The number of aryl methyl sites for hydroxylation is 1. The van der Waals surface area contributed by atoms with E-state index in [0.717, 1.165) is 80.1 Å². The summed E-state index contributed by atoms with van der Waals surface area (Å²) in [5.41, 5.74) is 5.08. The third kappa shape index (κ3) is 5.13. The molecule has 0 bridgehead atoms. The van der Waals surface area contributed by atoms with Gasteiger partial charge in [-0.05, 0) is 74.5 Å². The van der Waals surface area contributed by atoms with E-state index in [1.165, 1.54) is 5.56 Å². The molecule has 2 aromatic carbocycles. The third-order valence-corrected chi connectivity index (χ3v) is 6.14. The van der Waals surface area contributed by atoms with Crippen LogP contribution in [0.1, 0.15) is 54.1 Å². The van der Waals surface area contributed by atoms with Crippen LogP contribution in [-0.2, 0) is 17.6 Å². The summed E-state index contributed by atoms with van der Waals surface area (Å²) in [6.45, 7) is 6.01. The van der Waals surface area contributed by atoms with Crippen LogP contribution < -0.4 is 20.3 Å². The van der Waals surface area contributed by atoms with Crippen molar-refractivity contribution >= 4 is 23.1 Å². The number of unbranched alkanes of at least 4 members (excludes halogenated alkanes) is 1. The summed E-state index contributed by atoms with van der Waals surface area (Å²) in [6.07, 6.45) is 4.76. The Kier molecular flexibility index (Phi) is 7.43. The number of nitrogens with zero attached hydrogens (tertiary/aromatic N) is 1. The fraction of sp³-hybridized carbons (Fsp3) is 0.462. The van der Waals surface area contributed by atoms with Crippen molar-refractivity contribution in [3.8, 4) is 5.75 Å². The smallest absolute Gasteiger partial charge is 0.231 e. The second-order valence-electron chi connectivity index (χ2n) is 8.46. The van der Waals surface area contributed by atoms with Crippen LogP contribution in [-0.4, -0.2) is 44.5 Å². The number of ketones is 1. The van der Waals surface area contributed by atoms with E-state index >= 15 is 0 Å². The zero-order valence-electron chi connectivity index (χ0n) is 18.9. The molecule has 2 heterocycles. The minimum absolute atomic E-state index is 0.174.